The topological polar surface area (TPSA) is 113 Å². The first-order valence-electron chi connectivity index (χ1n) is 5.22. The predicted octanol–water partition coefficient (Wildman–Crippen LogP) is -0.690. The van der Waals surface area contributed by atoms with Crippen molar-refractivity contribution in [1.82, 2.24) is 5.32 Å². The summed E-state index contributed by atoms with van der Waals surface area (Å²) in [4.78, 5) is 22.3. The van der Waals surface area contributed by atoms with Crippen molar-refractivity contribution in [3.63, 3.8) is 0 Å². The van der Waals surface area contributed by atoms with Gasteiger partial charge in [-0.25, -0.2) is 4.79 Å². The van der Waals surface area contributed by atoms with Gasteiger partial charge in [-0.3, -0.25) is 4.79 Å². The third-order valence-corrected chi connectivity index (χ3v) is 2.14. The second-order valence-electron chi connectivity index (χ2n) is 4.30. The number of rotatable bonds is 6. The van der Waals surface area contributed by atoms with E-state index >= 15 is 0 Å². The van der Waals surface area contributed by atoms with E-state index in [4.69, 9.17) is 15.9 Å². The van der Waals surface area contributed by atoms with Gasteiger partial charge in [-0.2, -0.15) is 0 Å². The molecule has 0 saturated heterocycles. The molecule has 0 bridgehead atoms. The minimum Gasteiger partial charge on any atom is -0.480 e. The van der Waals surface area contributed by atoms with E-state index in [0.29, 0.717) is 6.42 Å². The highest BCUT2D eigenvalue weighted by atomic mass is 16.4. The maximum atomic E-state index is 11.4. The van der Waals surface area contributed by atoms with E-state index < -0.39 is 30.1 Å². The van der Waals surface area contributed by atoms with Gasteiger partial charge in [-0.05, 0) is 19.3 Å². The molecule has 0 saturated carbocycles. The fourth-order valence-corrected chi connectivity index (χ4v) is 1.18. The van der Waals surface area contributed by atoms with Crippen LogP contribution in [0, 0.1) is 5.92 Å². The normalized spacial score (nSPS) is 16.6. The molecule has 0 rings (SSSR count). The molecule has 0 aliphatic heterocycles. The molecule has 16 heavy (non-hydrogen) atoms. The Bertz CT molecular complexity index is 253. The quantitative estimate of drug-likeness (QED) is 0.484. The van der Waals surface area contributed by atoms with Crippen molar-refractivity contribution in [3.8, 4) is 0 Å². The summed E-state index contributed by atoms with van der Waals surface area (Å²) in [5, 5.41) is 20.3. The average Bonchev–Trinajstić information content (AvgIpc) is 2.14. The SMILES string of the molecule is CC(C)C[C@@H](NC(=O)[C@H](N)C(C)O)C(=O)O. The minimum absolute atomic E-state index is 0.143. The molecule has 0 aliphatic carbocycles. The first-order chi connectivity index (χ1) is 7.25. The predicted molar refractivity (Wildman–Crippen MR) is 58.7 cm³/mol. The van der Waals surface area contributed by atoms with Crippen molar-refractivity contribution < 1.29 is 19.8 Å². The molecule has 0 heterocycles. The maximum absolute atomic E-state index is 11.4. The van der Waals surface area contributed by atoms with Crippen molar-refractivity contribution >= 4 is 11.9 Å². The fourth-order valence-electron chi connectivity index (χ4n) is 1.18. The lowest BCUT2D eigenvalue weighted by Crippen LogP contribution is -2.52. The van der Waals surface area contributed by atoms with Gasteiger partial charge in [0.1, 0.15) is 12.1 Å². The molecule has 3 atom stereocenters. The van der Waals surface area contributed by atoms with E-state index in [9.17, 15) is 9.59 Å². The summed E-state index contributed by atoms with van der Waals surface area (Å²) in [6.07, 6.45) is -0.679. The van der Waals surface area contributed by atoms with E-state index in [2.05, 4.69) is 5.32 Å². The standard InChI is InChI=1S/C10H20N2O4/c1-5(2)4-7(10(15)16)12-9(14)8(11)6(3)13/h5-8,13H,4,11H2,1-3H3,(H,12,14)(H,15,16)/t6?,7-,8-/m1/s1. The van der Waals surface area contributed by atoms with Crippen LogP contribution >= 0.6 is 0 Å². The molecule has 1 unspecified atom stereocenters. The van der Waals surface area contributed by atoms with Crippen molar-refractivity contribution in [3.05, 3.63) is 0 Å². The van der Waals surface area contributed by atoms with E-state index in [1.165, 1.54) is 6.92 Å². The number of aliphatic carboxylic acids is 1. The molecular weight excluding hydrogens is 212 g/mol. The Kier molecular flexibility index (Phi) is 5.98. The summed E-state index contributed by atoms with van der Waals surface area (Å²) < 4.78 is 0. The van der Waals surface area contributed by atoms with Crippen LogP contribution in [0.3, 0.4) is 0 Å². The molecule has 0 spiro atoms. The fraction of sp³-hybridized carbons (Fsp3) is 0.800. The molecular formula is C10H20N2O4. The number of carbonyl (C=O) groups is 2. The van der Waals surface area contributed by atoms with Crippen LogP contribution in [0.25, 0.3) is 0 Å². The highest BCUT2D eigenvalue weighted by molar-refractivity contribution is 5.87. The largest absolute Gasteiger partial charge is 0.480 e. The number of nitrogens with two attached hydrogens (primary N) is 1. The molecule has 1 amide bonds. The molecule has 6 heteroatoms. The molecule has 0 aromatic carbocycles. The van der Waals surface area contributed by atoms with Crippen LogP contribution in [-0.4, -0.2) is 40.3 Å². The Morgan fingerprint density at radius 1 is 1.31 bits per heavy atom. The highest BCUT2D eigenvalue weighted by Crippen LogP contribution is 2.05. The third-order valence-electron chi connectivity index (χ3n) is 2.14. The zero-order chi connectivity index (χ0) is 12.9. The second kappa shape index (κ2) is 6.44. The van der Waals surface area contributed by atoms with E-state index in [1.807, 2.05) is 13.8 Å². The number of amides is 1. The maximum Gasteiger partial charge on any atom is 0.326 e. The molecule has 0 aromatic rings. The summed E-state index contributed by atoms with van der Waals surface area (Å²) >= 11 is 0. The Labute approximate surface area is 94.8 Å². The van der Waals surface area contributed by atoms with Crippen LogP contribution < -0.4 is 11.1 Å². The summed E-state index contributed by atoms with van der Waals surface area (Å²) in [7, 11) is 0. The molecule has 0 aromatic heterocycles. The Morgan fingerprint density at radius 2 is 1.81 bits per heavy atom. The van der Waals surface area contributed by atoms with Crippen molar-refractivity contribution in [2.45, 2.75) is 45.4 Å². The number of aliphatic hydroxyl groups is 1. The highest BCUT2D eigenvalue weighted by Gasteiger charge is 2.25. The first kappa shape index (κ1) is 14.9. The molecule has 0 radical (unpaired) electrons. The van der Waals surface area contributed by atoms with Crippen LogP contribution in [0.15, 0.2) is 0 Å². The van der Waals surface area contributed by atoms with E-state index in [0.717, 1.165) is 0 Å². The smallest absolute Gasteiger partial charge is 0.326 e. The van der Waals surface area contributed by atoms with Gasteiger partial charge < -0.3 is 21.3 Å². The van der Waals surface area contributed by atoms with Crippen LogP contribution in [-0.2, 0) is 9.59 Å². The molecule has 5 N–H and O–H groups in total. The van der Waals surface area contributed by atoms with Gasteiger partial charge in [0.05, 0.1) is 6.10 Å². The van der Waals surface area contributed by atoms with Gasteiger partial charge in [0.25, 0.3) is 0 Å². The van der Waals surface area contributed by atoms with Crippen LogP contribution in [0.1, 0.15) is 27.2 Å². The number of hydrogen-bond acceptors (Lipinski definition) is 4. The number of hydrogen-bond donors (Lipinski definition) is 4. The molecule has 0 fully saturated rings. The van der Waals surface area contributed by atoms with Crippen LogP contribution in [0.4, 0.5) is 0 Å². The average molecular weight is 232 g/mol. The summed E-state index contributed by atoms with van der Waals surface area (Å²) in [6, 6.07) is -2.06. The summed E-state index contributed by atoms with van der Waals surface area (Å²) in [6.45, 7) is 5.09. The number of carboxylic acids is 1. The van der Waals surface area contributed by atoms with Crippen LogP contribution in [0.5, 0.6) is 0 Å². The van der Waals surface area contributed by atoms with Crippen molar-refractivity contribution in [1.29, 1.82) is 0 Å². The molecule has 94 valence electrons. The van der Waals surface area contributed by atoms with Crippen molar-refractivity contribution in [2.24, 2.45) is 11.7 Å². The molecule has 0 aliphatic rings. The van der Waals surface area contributed by atoms with Gasteiger partial charge >= 0.3 is 5.97 Å². The zero-order valence-electron chi connectivity index (χ0n) is 9.80. The Morgan fingerprint density at radius 3 is 2.12 bits per heavy atom. The lowest BCUT2D eigenvalue weighted by molar-refractivity contribution is -0.142. The van der Waals surface area contributed by atoms with Gasteiger partial charge in [-0.15, -0.1) is 0 Å². The van der Waals surface area contributed by atoms with Gasteiger partial charge in [0.15, 0.2) is 0 Å². The van der Waals surface area contributed by atoms with E-state index in [1.54, 1.807) is 0 Å². The monoisotopic (exact) mass is 232 g/mol. The number of carbonyl (C=O) groups excluding carboxylic acids is 1. The van der Waals surface area contributed by atoms with Gasteiger partial charge in [0, 0.05) is 0 Å². The third kappa shape index (κ3) is 5.09. The second-order valence-corrected chi connectivity index (χ2v) is 4.30. The van der Waals surface area contributed by atoms with Gasteiger partial charge in [-0.1, -0.05) is 13.8 Å². The first-order valence-corrected chi connectivity index (χ1v) is 5.22. The van der Waals surface area contributed by atoms with Gasteiger partial charge in [0.2, 0.25) is 5.91 Å². The van der Waals surface area contributed by atoms with Crippen LogP contribution in [0.2, 0.25) is 0 Å². The number of aliphatic hydroxyl groups excluding tert-OH is 1. The number of nitrogens with one attached hydrogen (secondary N) is 1. The Balaban J connectivity index is 4.40. The zero-order valence-corrected chi connectivity index (χ0v) is 9.80. The van der Waals surface area contributed by atoms with Crippen molar-refractivity contribution in [2.75, 3.05) is 0 Å². The minimum atomic E-state index is -1.10. The lowest BCUT2D eigenvalue weighted by Gasteiger charge is -2.20. The lowest BCUT2D eigenvalue weighted by atomic mass is 10.0. The van der Waals surface area contributed by atoms with E-state index in [-0.39, 0.29) is 5.92 Å². The summed E-state index contributed by atoms with van der Waals surface area (Å²) in [5.74, 6) is -1.60. The number of carboxylic acid groups (broad SMARTS) is 1. The Hall–Kier alpha value is -1.14. The molecule has 6 nitrogen and oxygen atoms in total. The summed E-state index contributed by atoms with van der Waals surface area (Å²) in [5.41, 5.74) is 5.38.